The molecule has 6 nitrogen and oxygen atoms in total. The van der Waals surface area contributed by atoms with E-state index in [1.54, 1.807) is 24.3 Å². The molecule has 0 fully saturated rings. The Hall–Kier alpha value is -2.25. The third kappa shape index (κ3) is 6.94. The summed E-state index contributed by atoms with van der Waals surface area (Å²) in [5, 5.41) is 2.92. The van der Waals surface area contributed by atoms with Crippen LogP contribution in [0.15, 0.2) is 48.5 Å². The Bertz CT molecular complexity index is 938. The highest BCUT2D eigenvalue weighted by Gasteiger charge is 2.22. The molecule has 2 aromatic rings. The lowest BCUT2D eigenvalue weighted by atomic mass is 9.87. The number of hydrogen-bond acceptors (Lipinski definition) is 4. The molecule has 158 valence electrons. The Morgan fingerprint density at radius 3 is 2.28 bits per heavy atom. The van der Waals surface area contributed by atoms with Crippen molar-refractivity contribution in [2.45, 2.75) is 26.2 Å². The van der Waals surface area contributed by atoms with E-state index < -0.39 is 15.9 Å². The minimum atomic E-state index is -3.67. The molecule has 0 spiro atoms. The molecule has 0 aliphatic carbocycles. The van der Waals surface area contributed by atoms with Crippen molar-refractivity contribution in [2.75, 3.05) is 30.3 Å². The van der Waals surface area contributed by atoms with Crippen molar-refractivity contribution in [3.63, 3.8) is 0 Å². The number of para-hydroxylation sites is 1. The molecule has 0 saturated heterocycles. The lowest BCUT2D eigenvalue weighted by Gasteiger charge is -2.22. The van der Waals surface area contributed by atoms with Gasteiger partial charge in [-0.2, -0.15) is 0 Å². The SMILES string of the molecule is CC(C)(C)c1ccc(OCCNC(=O)CN(c2ccccc2Cl)S(C)(=O)=O)cc1. The maximum Gasteiger partial charge on any atom is 0.240 e. The van der Waals surface area contributed by atoms with Crippen LogP contribution in [-0.4, -0.2) is 40.3 Å². The number of nitrogens with zero attached hydrogens (tertiary/aromatic N) is 1. The van der Waals surface area contributed by atoms with Crippen LogP contribution < -0.4 is 14.4 Å². The molecule has 8 heteroatoms. The smallest absolute Gasteiger partial charge is 0.240 e. The summed E-state index contributed by atoms with van der Waals surface area (Å²) in [7, 11) is -3.67. The molecule has 0 saturated carbocycles. The van der Waals surface area contributed by atoms with E-state index in [4.69, 9.17) is 16.3 Å². The highest BCUT2D eigenvalue weighted by atomic mass is 35.5. The molecular weight excluding hydrogens is 412 g/mol. The second kappa shape index (κ2) is 9.50. The number of benzene rings is 2. The number of sulfonamides is 1. The van der Waals surface area contributed by atoms with Crippen molar-refractivity contribution in [1.29, 1.82) is 0 Å². The van der Waals surface area contributed by atoms with Gasteiger partial charge in [0.25, 0.3) is 0 Å². The third-order valence-corrected chi connectivity index (χ3v) is 5.67. The average molecular weight is 439 g/mol. The fraction of sp³-hybridized carbons (Fsp3) is 0.381. The van der Waals surface area contributed by atoms with Gasteiger partial charge in [-0.25, -0.2) is 8.42 Å². The first kappa shape index (κ1) is 23.0. The maximum absolute atomic E-state index is 12.2. The summed E-state index contributed by atoms with van der Waals surface area (Å²) >= 11 is 6.08. The molecule has 2 rings (SSSR count). The van der Waals surface area contributed by atoms with Crippen LogP contribution in [0.3, 0.4) is 0 Å². The van der Waals surface area contributed by atoms with Crippen LogP contribution in [-0.2, 0) is 20.2 Å². The zero-order valence-corrected chi connectivity index (χ0v) is 18.7. The van der Waals surface area contributed by atoms with E-state index in [0.717, 1.165) is 10.6 Å². The van der Waals surface area contributed by atoms with Gasteiger partial charge in [-0.1, -0.05) is 56.6 Å². The first-order valence-corrected chi connectivity index (χ1v) is 11.4. The molecule has 0 radical (unpaired) electrons. The van der Waals surface area contributed by atoms with Crippen LogP contribution >= 0.6 is 11.6 Å². The second-order valence-corrected chi connectivity index (χ2v) is 10.0. The van der Waals surface area contributed by atoms with Crippen molar-refractivity contribution < 1.29 is 17.9 Å². The Morgan fingerprint density at radius 1 is 1.10 bits per heavy atom. The van der Waals surface area contributed by atoms with Crippen LogP contribution in [0.1, 0.15) is 26.3 Å². The molecule has 0 aliphatic rings. The number of hydrogen-bond donors (Lipinski definition) is 1. The van der Waals surface area contributed by atoms with Gasteiger partial charge in [-0.3, -0.25) is 9.10 Å². The summed E-state index contributed by atoms with van der Waals surface area (Å²) in [5.74, 6) is 0.267. The van der Waals surface area contributed by atoms with Crippen molar-refractivity contribution in [1.82, 2.24) is 5.32 Å². The third-order valence-electron chi connectivity index (χ3n) is 4.22. The van der Waals surface area contributed by atoms with Gasteiger partial charge in [0.2, 0.25) is 15.9 Å². The van der Waals surface area contributed by atoms with Gasteiger partial charge in [0.15, 0.2) is 0 Å². The van der Waals surface area contributed by atoms with Gasteiger partial charge >= 0.3 is 0 Å². The van der Waals surface area contributed by atoms with E-state index in [0.29, 0.717) is 5.75 Å². The van der Waals surface area contributed by atoms with Gasteiger partial charge in [0.1, 0.15) is 18.9 Å². The quantitative estimate of drug-likeness (QED) is 0.639. The van der Waals surface area contributed by atoms with Crippen LogP contribution in [0.25, 0.3) is 0 Å². The Labute approximate surface area is 177 Å². The zero-order valence-electron chi connectivity index (χ0n) is 17.1. The van der Waals surface area contributed by atoms with E-state index in [1.165, 1.54) is 5.56 Å². The lowest BCUT2D eigenvalue weighted by Crippen LogP contribution is -2.41. The number of anilines is 1. The first-order valence-electron chi connectivity index (χ1n) is 9.21. The van der Waals surface area contributed by atoms with Crippen molar-refractivity contribution in [3.05, 3.63) is 59.1 Å². The Balaban J connectivity index is 1.88. The van der Waals surface area contributed by atoms with Gasteiger partial charge in [-0.15, -0.1) is 0 Å². The molecule has 1 amide bonds. The normalized spacial score (nSPS) is 11.8. The van der Waals surface area contributed by atoms with E-state index >= 15 is 0 Å². The standard InChI is InChI=1S/C21H27ClN2O4S/c1-21(2,3)16-9-11-17(12-10-16)28-14-13-23-20(25)15-24(29(4,26)27)19-8-6-5-7-18(19)22/h5-12H,13-15H2,1-4H3,(H,23,25). The number of carbonyl (C=O) groups is 1. The first-order chi connectivity index (χ1) is 13.5. The van der Waals surface area contributed by atoms with E-state index in [2.05, 4.69) is 26.1 Å². The van der Waals surface area contributed by atoms with Gasteiger partial charge in [0, 0.05) is 0 Å². The number of carbonyl (C=O) groups excluding carboxylic acids is 1. The predicted octanol–water partition coefficient (Wildman–Crippen LogP) is 3.60. The van der Waals surface area contributed by atoms with E-state index in [1.807, 2.05) is 24.3 Å². The van der Waals surface area contributed by atoms with Crippen LogP contribution in [0.2, 0.25) is 5.02 Å². The number of ether oxygens (including phenoxy) is 1. The highest BCUT2D eigenvalue weighted by molar-refractivity contribution is 7.92. The average Bonchev–Trinajstić information content (AvgIpc) is 2.63. The van der Waals surface area contributed by atoms with Crippen LogP contribution in [0.4, 0.5) is 5.69 Å². The Kier molecular flexibility index (Phi) is 7.54. The van der Waals surface area contributed by atoms with E-state index in [-0.39, 0.29) is 35.8 Å². The minimum Gasteiger partial charge on any atom is -0.492 e. The summed E-state index contributed by atoms with van der Waals surface area (Å²) in [6.07, 6.45) is 1.04. The minimum absolute atomic E-state index is 0.0691. The monoisotopic (exact) mass is 438 g/mol. The molecule has 0 bridgehead atoms. The maximum atomic E-state index is 12.2. The summed E-state index contributed by atoms with van der Waals surface area (Å²) in [5.41, 5.74) is 1.54. The molecule has 0 aromatic heterocycles. The summed E-state index contributed by atoms with van der Waals surface area (Å²) < 4.78 is 30.8. The fourth-order valence-electron chi connectivity index (χ4n) is 2.63. The molecule has 0 heterocycles. The van der Waals surface area contributed by atoms with E-state index in [9.17, 15) is 13.2 Å². The topological polar surface area (TPSA) is 75.7 Å². The molecule has 0 atom stereocenters. The summed E-state index contributed by atoms with van der Waals surface area (Å²) in [6.45, 7) is 6.58. The van der Waals surface area contributed by atoms with Gasteiger partial charge in [-0.05, 0) is 35.2 Å². The molecule has 29 heavy (non-hydrogen) atoms. The number of rotatable bonds is 8. The molecule has 0 unspecified atom stereocenters. The molecule has 1 N–H and O–H groups in total. The number of nitrogens with one attached hydrogen (secondary N) is 1. The van der Waals surface area contributed by atoms with Crippen molar-refractivity contribution >= 4 is 33.2 Å². The second-order valence-electron chi connectivity index (χ2n) is 7.69. The summed E-state index contributed by atoms with van der Waals surface area (Å²) in [6, 6.07) is 14.3. The fourth-order valence-corrected chi connectivity index (χ4v) is 3.79. The number of halogens is 1. The largest absolute Gasteiger partial charge is 0.492 e. The predicted molar refractivity (Wildman–Crippen MR) is 117 cm³/mol. The highest BCUT2D eigenvalue weighted by Crippen LogP contribution is 2.27. The van der Waals surface area contributed by atoms with Crippen LogP contribution in [0.5, 0.6) is 5.75 Å². The summed E-state index contributed by atoms with van der Waals surface area (Å²) in [4.78, 5) is 12.2. The zero-order chi connectivity index (χ0) is 21.7. The Morgan fingerprint density at radius 2 is 1.72 bits per heavy atom. The molecular formula is C21H27ClN2O4S. The lowest BCUT2D eigenvalue weighted by molar-refractivity contribution is -0.119. The van der Waals surface area contributed by atoms with Crippen molar-refractivity contribution in [2.24, 2.45) is 0 Å². The van der Waals surface area contributed by atoms with Crippen molar-refractivity contribution in [3.8, 4) is 5.75 Å². The van der Waals surface area contributed by atoms with Gasteiger partial charge < -0.3 is 10.1 Å². The van der Waals surface area contributed by atoms with Crippen LogP contribution in [0, 0.1) is 0 Å². The molecule has 0 aliphatic heterocycles. The number of amides is 1. The molecule has 2 aromatic carbocycles. The van der Waals surface area contributed by atoms with Gasteiger partial charge in [0.05, 0.1) is 23.5 Å².